The molecule has 1 atom stereocenters. The van der Waals surface area contributed by atoms with E-state index in [2.05, 4.69) is 29.2 Å². The van der Waals surface area contributed by atoms with Crippen molar-refractivity contribution in [3.63, 3.8) is 0 Å². The molecule has 0 saturated carbocycles. The highest BCUT2D eigenvalue weighted by molar-refractivity contribution is 8.00. The maximum atomic E-state index is 13.1. The third kappa shape index (κ3) is 4.96. The second-order valence-corrected chi connectivity index (χ2v) is 9.15. The molecule has 1 heterocycles. The zero-order valence-corrected chi connectivity index (χ0v) is 17.7. The number of allylic oxidation sites excluding steroid dienone is 2. The van der Waals surface area contributed by atoms with E-state index in [0.717, 1.165) is 43.5 Å². The van der Waals surface area contributed by atoms with Crippen LogP contribution >= 0.6 is 11.8 Å². The van der Waals surface area contributed by atoms with E-state index in [-0.39, 0.29) is 11.2 Å². The van der Waals surface area contributed by atoms with Gasteiger partial charge in [-0.3, -0.25) is 0 Å². The minimum Gasteiger partial charge on any atom is -0.478 e. The van der Waals surface area contributed by atoms with E-state index in [1.807, 2.05) is 24.4 Å². The van der Waals surface area contributed by atoms with Crippen LogP contribution in [0, 0.1) is 11.7 Å². The van der Waals surface area contributed by atoms with E-state index in [1.165, 1.54) is 23.3 Å². The number of aliphatic carboxylic acids is 1. The van der Waals surface area contributed by atoms with Crippen molar-refractivity contribution in [2.75, 3.05) is 12.3 Å². The van der Waals surface area contributed by atoms with E-state index in [9.17, 15) is 14.3 Å². The van der Waals surface area contributed by atoms with Gasteiger partial charge in [0.15, 0.2) is 0 Å². The van der Waals surface area contributed by atoms with Crippen molar-refractivity contribution in [1.82, 2.24) is 4.90 Å². The monoisotopic (exact) mass is 423 g/mol. The van der Waals surface area contributed by atoms with E-state index in [4.69, 9.17) is 0 Å². The van der Waals surface area contributed by atoms with Crippen LogP contribution in [0.5, 0.6) is 0 Å². The lowest BCUT2D eigenvalue weighted by Gasteiger charge is -2.34. The number of carbonyl (C=O) groups is 1. The van der Waals surface area contributed by atoms with Gasteiger partial charge in [-0.2, -0.15) is 0 Å². The molecule has 1 aliphatic heterocycles. The predicted molar refractivity (Wildman–Crippen MR) is 120 cm³/mol. The molecule has 3 nitrogen and oxygen atoms in total. The summed E-state index contributed by atoms with van der Waals surface area (Å²) in [5.41, 5.74) is 4.39. The zero-order chi connectivity index (χ0) is 20.9. The number of nitrogens with zero attached hydrogens (tertiary/aromatic N) is 1. The molecule has 2 aromatic rings. The van der Waals surface area contributed by atoms with Gasteiger partial charge >= 0.3 is 5.97 Å². The summed E-state index contributed by atoms with van der Waals surface area (Å²) < 4.78 is 13.1. The first-order chi connectivity index (χ1) is 14.6. The van der Waals surface area contributed by atoms with Gasteiger partial charge in [0.1, 0.15) is 11.2 Å². The van der Waals surface area contributed by atoms with Crippen molar-refractivity contribution >= 4 is 17.7 Å². The number of aryl methyl sites for hydroxylation is 1. The molecule has 0 bridgehead atoms. The maximum absolute atomic E-state index is 13.1. The summed E-state index contributed by atoms with van der Waals surface area (Å²) in [5, 5.41) is 9.54. The Balaban J connectivity index is 1.36. The van der Waals surface area contributed by atoms with Gasteiger partial charge in [0.25, 0.3) is 0 Å². The van der Waals surface area contributed by atoms with Gasteiger partial charge in [-0.05, 0) is 78.3 Å². The lowest BCUT2D eigenvalue weighted by molar-refractivity contribution is -0.133. The summed E-state index contributed by atoms with van der Waals surface area (Å²) >= 11 is 1.68. The molecule has 4 rings (SSSR count). The number of halogens is 1. The summed E-state index contributed by atoms with van der Waals surface area (Å²) in [6, 6.07) is 15.2. The first-order valence-corrected chi connectivity index (χ1v) is 11.5. The molecule has 5 heteroatoms. The number of rotatable bonds is 8. The molecule has 2 aromatic carbocycles. The van der Waals surface area contributed by atoms with Crippen LogP contribution in [0.3, 0.4) is 0 Å². The normalized spacial score (nSPS) is 18.4. The number of benzene rings is 2. The van der Waals surface area contributed by atoms with Crippen LogP contribution in [0.4, 0.5) is 4.39 Å². The lowest BCUT2D eigenvalue weighted by Crippen LogP contribution is -2.38. The van der Waals surface area contributed by atoms with Crippen LogP contribution in [-0.4, -0.2) is 33.6 Å². The number of fused-ring (bicyclic) bond motifs is 1. The van der Waals surface area contributed by atoms with Gasteiger partial charge in [0.2, 0.25) is 0 Å². The third-order valence-electron chi connectivity index (χ3n) is 5.77. The molecule has 0 aromatic heterocycles. The van der Waals surface area contributed by atoms with Gasteiger partial charge in [-0.25, -0.2) is 9.18 Å². The maximum Gasteiger partial charge on any atom is 0.334 e. The molecule has 0 amide bonds. The van der Waals surface area contributed by atoms with Crippen LogP contribution in [0.2, 0.25) is 0 Å². The van der Waals surface area contributed by atoms with E-state index in [0.29, 0.717) is 11.5 Å². The highest BCUT2D eigenvalue weighted by Gasteiger charge is 2.30. The van der Waals surface area contributed by atoms with Crippen molar-refractivity contribution in [3.05, 3.63) is 95.0 Å². The summed E-state index contributed by atoms with van der Waals surface area (Å²) in [6.45, 7) is 0.853. The van der Waals surface area contributed by atoms with Crippen molar-refractivity contribution in [2.24, 2.45) is 5.92 Å². The Kier molecular flexibility index (Phi) is 6.58. The minimum atomic E-state index is -0.852. The van der Waals surface area contributed by atoms with Crippen LogP contribution in [0.1, 0.15) is 23.1 Å². The smallest absolute Gasteiger partial charge is 0.334 e. The summed E-state index contributed by atoms with van der Waals surface area (Å²) in [5.74, 6) is 0.280. The van der Waals surface area contributed by atoms with Crippen LogP contribution in [-0.2, 0) is 24.1 Å². The summed E-state index contributed by atoms with van der Waals surface area (Å²) in [7, 11) is 0. The molecular formula is C25H26FNO2S. The molecule has 156 valence electrons. The largest absolute Gasteiger partial charge is 0.478 e. The van der Waals surface area contributed by atoms with E-state index in [1.54, 1.807) is 17.8 Å². The lowest BCUT2D eigenvalue weighted by atomic mass is 10.0. The third-order valence-corrected chi connectivity index (χ3v) is 7.14. The highest BCUT2D eigenvalue weighted by atomic mass is 32.2. The average molecular weight is 424 g/mol. The number of thioether (sulfide) groups is 1. The molecule has 1 aliphatic carbocycles. The minimum absolute atomic E-state index is 0.176. The second kappa shape index (κ2) is 9.52. The SMILES string of the molecule is O=C(O)C1=CC=CN(CC2Cc3ccccc3C2)C1SCCCc1ccc(F)cc1. The van der Waals surface area contributed by atoms with Crippen molar-refractivity contribution in [1.29, 1.82) is 0 Å². The van der Waals surface area contributed by atoms with Gasteiger partial charge in [0.05, 0.1) is 5.57 Å². The molecule has 1 unspecified atom stereocenters. The van der Waals surface area contributed by atoms with Crippen molar-refractivity contribution < 1.29 is 14.3 Å². The quantitative estimate of drug-likeness (QED) is 0.602. The highest BCUT2D eigenvalue weighted by Crippen LogP contribution is 2.32. The fourth-order valence-electron chi connectivity index (χ4n) is 4.31. The number of carboxylic acid groups (broad SMARTS) is 1. The van der Waals surface area contributed by atoms with Gasteiger partial charge in [-0.15, -0.1) is 11.8 Å². The van der Waals surface area contributed by atoms with Crippen LogP contribution in [0.15, 0.2) is 72.5 Å². The van der Waals surface area contributed by atoms with E-state index >= 15 is 0 Å². The molecule has 30 heavy (non-hydrogen) atoms. The zero-order valence-electron chi connectivity index (χ0n) is 16.8. The first-order valence-electron chi connectivity index (χ1n) is 10.4. The van der Waals surface area contributed by atoms with Gasteiger partial charge < -0.3 is 10.0 Å². The van der Waals surface area contributed by atoms with Crippen molar-refractivity contribution in [3.8, 4) is 0 Å². The Hall–Kier alpha value is -2.53. The Morgan fingerprint density at radius 3 is 2.47 bits per heavy atom. The van der Waals surface area contributed by atoms with E-state index < -0.39 is 5.97 Å². The first kappa shape index (κ1) is 20.7. The number of carboxylic acids is 1. The molecule has 2 aliphatic rings. The topological polar surface area (TPSA) is 40.5 Å². The van der Waals surface area contributed by atoms with Crippen LogP contribution in [0.25, 0.3) is 0 Å². The van der Waals surface area contributed by atoms with Crippen LogP contribution < -0.4 is 0 Å². The molecule has 1 N–H and O–H groups in total. The molecular weight excluding hydrogens is 397 g/mol. The van der Waals surface area contributed by atoms with Gasteiger partial charge in [0, 0.05) is 12.7 Å². The summed E-state index contributed by atoms with van der Waals surface area (Å²) in [6.07, 6.45) is 9.49. The molecule has 0 spiro atoms. The Morgan fingerprint density at radius 1 is 1.10 bits per heavy atom. The fraction of sp³-hybridized carbons (Fsp3) is 0.320. The van der Waals surface area contributed by atoms with Gasteiger partial charge in [-0.1, -0.05) is 36.4 Å². The Bertz CT molecular complexity index is 929. The van der Waals surface area contributed by atoms with Crippen molar-refractivity contribution in [2.45, 2.75) is 31.1 Å². The molecule has 0 saturated heterocycles. The predicted octanol–water partition coefficient (Wildman–Crippen LogP) is 5.07. The average Bonchev–Trinajstić information content (AvgIpc) is 3.15. The molecule has 0 radical (unpaired) electrons. The number of hydrogen-bond donors (Lipinski definition) is 1. The Labute approximate surface area is 181 Å². The standard InChI is InChI=1S/C25H26FNO2S/c26-22-11-9-18(10-12-22)5-4-14-30-24-23(25(28)29)8-3-13-27(24)17-19-15-20-6-1-2-7-21(20)16-19/h1-3,6-13,19,24H,4-5,14-17H2,(H,28,29). The summed E-state index contributed by atoms with van der Waals surface area (Å²) in [4.78, 5) is 14.0. The second-order valence-electron chi connectivity index (χ2n) is 7.96. The number of hydrogen-bond acceptors (Lipinski definition) is 3. The fourth-order valence-corrected chi connectivity index (χ4v) is 5.56. The molecule has 0 fully saturated rings. The Morgan fingerprint density at radius 2 is 1.80 bits per heavy atom.